The summed E-state index contributed by atoms with van der Waals surface area (Å²) in [6.07, 6.45) is 4.14. The fourth-order valence-corrected chi connectivity index (χ4v) is 1.45. The number of rotatable bonds is 3. The monoisotopic (exact) mass is 226 g/mol. The molecule has 1 N–H and O–H groups in total. The topological polar surface area (TPSA) is 37.3 Å². The third kappa shape index (κ3) is 4.96. The van der Waals surface area contributed by atoms with Crippen LogP contribution in [-0.2, 0) is 17.4 Å². The normalized spacial score (nSPS) is 9.80. The zero-order chi connectivity index (χ0) is 11.7. The molecule has 0 heterocycles. The molecule has 0 aliphatic carbocycles. The maximum absolute atomic E-state index is 8.57. The third-order valence-electron chi connectivity index (χ3n) is 2.23. The van der Waals surface area contributed by atoms with E-state index >= 15 is 0 Å². The molecular weight excluding hydrogens is 207 g/mol. The van der Waals surface area contributed by atoms with E-state index in [9.17, 15) is 0 Å². The minimum absolute atomic E-state index is 1.12. The van der Waals surface area contributed by atoms with Gasteiger partial charge in [0.25, 0.3) is 0 Å². The maximum Gasteiger partial charge on any atom is 0.177 e. The van der Waals surface area contributed by atoms with Gasteiger partial charge in [0.2, 0.25) is 0 Å². The Morgan fingerprint density at radius 2 is 1.87 bits per heavy atom. The summed E-state index contributed by atoms with van der Waals surface area (Å²) in [5, 5.41) is 0. The van der Waals surface area contributed by atoms with E-state index in [0.29, 0.717) is 0 Å². The number of hydrogen-bond acceptors (Lipinski definition) is 1. The van der Waals surface area contributed by atoms with Crippen LogP contribution in [-0.4, -0.2) is 4.89 Å². The summed E-state index contributed by atoms with van der Waals surface area (Å²) in [6, 6.07) is 6.56. The van der Waals surface area contributed by atoms with Crippen LogP contribution in [0.1, 0.15) is 30.5 Å². The quantitative estimate of drug-likeness (QED) is 0.804. The van der Waals surface area contributed by atoms with Gasteiger partial charge in [-0.15, -0.1) is 0 Å². The molecule has 0 aromatic heterocycles. The highest BCUT2D eigenvalue weighted by molar-refractivity contribution is 7.16. The minimum atomic E-state index is -1.50. The Hall–Kier alpha value is -0.850. The third-order valence-corrected chi connectivity index (χ3v) is 2.23. The Morgan fingerprint density at radius 3 is 2.27 bits per heavy atom. The van der Waals surface area contributed by atoms with E-state index in [4.69, 9.17) is 9.46 Å². The van der Waals surface area contributed by atoms with Gasteiger partial charge < -0.3 is 4.89 Å². The van der Waals surface area contributed by atoms with E-state index in [-0.39, 0.29) is 0 Å². The second-order valence-corrected chi connectivity index (χ2v) is 3.26. The first kappa shape index (κ1) is 14.2. The van der Waals surface area contributed by atoms with Gasteiger partial charge in [0.15, 0.2) is 8.69 Å². The lowest BCUT2D eigenvalue weighted by molar-refractivity contribution is 0.524. The Bertz CT molecular complexity index is 321. The minimum Gasteiger partial charge on any atom is -0.348 e. The molecule has 1 aromatic rings. The molecular formula is C12H19O2P. The van der Waals surface area contributed by atoms with Crippen molar-refractivity contribution in [1.82, 2.24) is 0 Å². The molecule has 3 heteroatoms. The second kappa shape index (κ2) is 8.46. The predicted octanol–water partition coefficient (Wildman–Crippen LogP) is 3.10. The van der Waals surface area contributed by atoms with Crippen molar-refractivity contribution in [2.24, 2.45) is 0 Å². The van der Waals surface area contributed by atoms with Crippen LogP contribution in [0.5, 0.6) is 0 Å². The van der Waals surface area contributed by atoms with E-state index in [1.807, 2.05) is 6.08 Å². The van der Waals surface area contributed by atoms with Crippen LogP contribution in [0.2, 0.25) is 0 Å². The Morgan fingerprint density at radius 1 is 1.33 bits per heavy atom. The lowest BCUT2D eigenvalue weighted by Crippen LogP contribution is -1.90. The molecule has 15 heavy (non-hydrogen) atoms. The van der Waals surface area contributed by atoms with Crippen LogP contribution >= 0.6 is 8.69 Å². The summed E-state index contributed by atoms with van der Waals surface area (Å²) >= 11 is 0. The summed E-state index contributed by atoms with van der Waals surface area (Å²) in [5.41, 5.74) is 4.14. The van der Waals surface area contributed by atoms with E-state index < -0.39 is 8.69 Å². The SMILES string of the molecule is C=Cc1ccc(CC)c(CC)c1.O=[PH2]O. The van der Waals surface area contributed by atoms with Gasteiger partial charge in [-0.1, -0.05) is 44.7 Å². The molecule has 0 saturated carbocycles. The van der Waals surface area contributed by atoms with Crippen molar-refractivity contribution in [3.8, 4) is 0 Å². The van der Waals surface area contributed by atoms with Crippen molar-refractivity contribution in [1.29, 1.82) is 0 Å². The summed E-state index contributed by atoms with van der Waals surface area (Å²) in [5.74, 6) is 0. The average Bonchev–Trinajstić information content (AvgIpc) is 2.29. The molecule has 1 aromatic carbocycles. The molecule has 0 amide bonds. The lowest BCUT2D eigenvalue weighted by Gasteiger charge is -2.05. The smallest absolute Gasteiger partial charge is 0.177 e. The van der Waals surface area contributed by atoms with Crippen molar-refractivity contribution in [2.45, 2.75) is 26.7 Å². The Kier molecular flexibility index (Phi) is 7.98. The molecule has 1 atom stereocenters. The Labute approximate surface area is 92.9 Å². The first-order chi connectivity index (χ1) is 7.23. The molecule has 0 fully saturated rings. The fraction of sp³-hybridized carbons (Fsp3) is 0.333. The largest absolute Gasteiger partial charge is 0.348 e. The maximum atomic E-state index is 8.57. The summed E-state index contributed by atoms with van der Waals surface area (Å²) in [7, 11) is -1.50. The molecule has 0 aliphatic heterocycles. The van der Waals surface area contributed by atoms with Crippen LogP contribution in [0, 0.1) is 0 Å². The van der Waals surface area contributed by atoms with Gasteiger partial charge in [-0.25, -0.2) is 0 Å². The van der Waals surface area contributed by atoms with Crippen molar-refractivity contribution in [3.05, 3.63) is 41.5 Å². The predicted molar refractivity (Wildman–Crippen MR) is 67.9 cm³/mol. The van der Waals surface area contributed by atoms with Crippen LogP contribution in [0.15, 0.2) is 24.8 Å². The molecule has 2 nitrogen and oxygen atoms in total. The standard InChI is InChI=1S/C12H16.H3O2P/c1-4-10-7-8-11(5-2)12(6-3)9-10;1-3-2/h4,7-9H,1,5-6H2,2-3H3;3H2,(H,1,2). The van der Waals surface area contributed by atoms with Crippen molar-refractivity contribution in [2.75, 3.05) is 0 Å². The first-order valence-corrected chi connectivity index (χ1v) is 6.04. The van der Waals surface area contributed by atoms with Crippen molar-refractivity contribution >= 4 is 14.8 Å². The number of benzene rings is 1. The molecule has 0 saturated heterocycles. The average molecular weight is 226 g/mol. The molecule has 0 aliphatic rings. The van der Waals surface area contributed by atoms with Gasteiger partial charge in [0.05, 0.1) is 0 Å². The highest BCUT2D eigenvalue weighted by Crippen LogP contribution is 2.14. The van der Waals surface area contributed by atoms with Crippen molar-refractivity contribution < 1.29 is 9.46 Å². The van der Waals surface area contributed by atoms with Gasteiger partial charge in [0, 0.05) is 0 Å². The fourth-order valence-electron chi connectivity index (χ4n) is 1.45. The van der Waals surface area contributed by atoms with Crippen molar-refractivity contribution in [3.63, 3.8) is 0 Å². The van der Waals surface area contributed by atoms with Gasteiger partial charge in [-0.2, -0.15) is 0 Å². The van der Waals surface area contributed by atoms with E-state index in [1.54, 1.807) is 0 Å². The summed E-state index contributed by atoms with van der Waals surface area (Å²) in [4.78, 5) is 7.10. The van der Waals surface area contributed by atoms with E-state index in [1.165, 1.54) is 16.7 Å². The highest BCUT2D eigenvalue weighted by Gasteiger charge is 1.97. The summed E-state index contributed by atoms with van der Waals surface area (Å²) in [6.45, 7) is 8.15. The summed E-state index contributed by atoms with van der Waals surface area (Å²) < 4.78 is 8.57. The van der Waals surface area contributed by atoms with Gasteiger partial charge in [-0.3, -0.25) is 4.57 Å². The molecule has 0 radical (unpaired) electrons. The molecule has 0 bridgehead atoms. The van der Waals surface area contributed by atoms with Crippen LogP contribution in [0.4, 0.5) is 0 Å². The number of aryl methyl sites for hydroxylation is 2. The lowest BCUT2D eigenvalue weighted by atomic mass is 10.0. The van der Waals surface area contributed by atoms with Gasteiger partial charge in [-0.05, 0) is 29.5 Å². The van der Waals surface area contributed by atoms with Crippen LogP contribution in [0.3, 0.4) is 0 Å². The van der Waals surface area contributed by atoms with Crippen LogP contribution in [0.25, 0.3) is 6.08 Å². The zero-order valence-electron chi connectivity index (χ0n) is 9.36. The first-order valence-electron chi connectivity index (χ1n) is 5.05. The molecule has 1 unspecified atom stereocenters. The molecule has 84 valence electrons. The van der Waals surface area contributed by atoms with Gasteiger partial charge in [0.1, 0.15) is 0 Å². The van der Waals surface area contributed by atoms with E-state index in [0.717, 1.165) is 12.8 Å². The highest BCUT2D eigenvalue weighted by atomic mass is 31.1. The van der Waals surface area contributed by atoms with E-state index in [2.05, 4.69) is 38.6 Å². The number of hydrogen-bond donors (Lipinski definition) is 1. The van der Waals surface area contributed by atoms with Gasteiger partial charge >= 0.3 is 0 Å². The molecule has 1 rings (SSSR count). The van der Waals surface area contributed by atoms with Crippen LogP contribution < -0.4 is 0 Å². The Balaban J connectivity index is 0.000000583. The zero-order valence-corrected chi connectivity index (χ0v) is 10.5. The molecule has 0 spiro atoms. The second-order valence-electron chi connectivity index (χ2n) is 3.04.